The Labute approximate surface area is 130 Å². The van der Waals surface area contributed by atoms with Crippen molar-refractivity contribution in [1.29, 1.82) is 0 Å². The predicted octanol–water partition coefficient (Wildman–Crippen LogP) is 5.17. The molecular weight excluding hydrogens is 323 g/mol. The number of nitro benzene ring substituents is 1. The summed E-state index contributed by atoms with van der Waals surface area (Å²) in [6.45, 7) is 0.192. The zero-order valence-electron chi connectivity index (χ0n) is 10.1. The fourth-order valence-electron chi connectivity index (χ4n) is 1.71. The SMILES string of the molecule is O=[N+]([O-])c1cccc(Cl)c1CNc1ccc(Cl)cc1Cl. The fraction of sp³-hybridized carbons (Fsp3) is 0.0769. The number of nitro groups is 1. The summed E-state index contributed by atoms with van der Waals surface area (Å²) in [6, 6.07) is 9.53. The third-order valence-electron chi connectivity index (χ3n) is 2.68. The minimum absolute atomic E-state index is 0.0323. The average Bonchev–Trinajstić information content (AvgIpc) is 2.38. The zero-order valence-corrected chi connectivity index (χ0v) is 12.3. The fourth-order valence-corrected chi connectivity index (χ4v) is 2.42. The molecule has 0 aliphatic carbocycles. The molecule has 0 atom stereocenters. The Balaban J connectivity index is 2.25. The quantitative estimate of drug-likeness (QED) is 0.621. The second-order valence-corrected chi connectivity index (χ2v) is 5.22. The molecule has 0 saturated carbocycles. The van der Waals surface area contributed by atoms with Gasteiger partial charge in [0.25, 0.3) is 5.69 Å². The largest absolute Gasteiger partial charge is 0.379 e. The lowest BCUT2D eigenvalue weighted by Crippen LogP contribution is -2.04. The van der Waals surface area contributed by atoms with Crippen LogP contribution in [0.1, 0.15) is 5.56 Å². The van der Waals surface area contributed by atoms with Crippen molar-refractivity contribution in [2.45, 2.75) is 6.54 Å². The van der Waals surface area contributed by atoms with E-state index in [1.54, 1.807) is 30.3 Å². The zero-order chi connectivity index (χ0) is 14.7. The Morgan fingerprint density at radius 2 is 1.85 bits per heavy atom. The highest BCUT2D eigenvalue weighted by atomic mass is 35.5. The third-order valence-corrected chi connectivity index (χ3v) is 3.58. The maximum Gasteiger partial charge on any atom is 0.275 e. The molecule has 0 heterocycles. The van der Waals surface area contributed by atoms with E-state index in [2.05, 4.69) is 5.32 Å². The van der Waals surface area contributed by atoms with Crippen LogP contribution in [-0.4, -0.2) is 4.92 Å². The van der Waals surface area contributed by atoms with Crippen LogP contribution in [0, 0.1) is 10.1 Å². The molecule has 0 aliphatic rings. The summed E-state index contributed by atoms with van der Waals surface area (Å²) in [4.78, 5) is 10.5. The van der Waals surface area contributed by atoms with Crippen LogP contribution in [0.3, 0.4) is 0 Å². The van der Waals surface area contributed by atoms with Crippen molar-refractivity contribution < 1.29 is 4.92 Å². The molecular formula is C13H9Cl3N2O2. The van der Waals surface area contributed by atoms with Crippen LogP contribution in [-0.2, 0) is 6.54 Å². The lowest BCUT2D eigenvalue weighted by Gasteiger charge is -2.10. The molecule has 104 valence electrons. The lowest BCUT2D eigenvalue weighted by molar-refractivity contribution is -0.385. The molecule has 2 rings (SSSR count). The maximum atomic E-state index is 11.0. The van der Waals surface area contributed by atoms with Crippen molar-refractivity contribution in [3.05, 3.63) is 67.1 Å². The molecule has 0 saturated heterocycles. The Bertz CT molecular complexity index is 662. The molecule has 20 heavy (non-hydrogen) atoms. The van der Waals surface area contributed by atoms with E-state index in [0.717, 1.165) is 0 Å². The van der Waals surface area contributed by atoms with Crippen molar-refractivity contribution in [2.75, 3.05) is 5.32 Å². The van der Waals surface area contributed by atoms with Crippen molar-refractivity contribution in [2.24, 2.45) is 0 Å². The molecule has 1 N–H and O–H groups in total. The number of anilines is 1. The monoisotopic (exact) mass is 330 g/mol. The van der Waals surface area contributed by atoms with Gasteiger partial charge in [-0.05, 0) is 24.3 Å². The molecule has 2 aromatic rings. The Kier molecular flexibility index (Phi) is 4.70. The highest BCUT2D eigenvalue weighted by Gasteiger charge is 2.16. The lowest BCUT2D eigenvalue weighted by atomic mass is 10.1. The number of hydrogen-bond acceptors (Lipinski definition) is 3. The van der Waals surface area contributed by atoms with Crippen LogP contribution in [0.25, 0.3) is 0 Å². The van der Waals surface area contributed by atoms with Gasteiger partial charge in [-0.1, -0.05) is 40.9 Å². The van der Waals surface area contributed by atoms with E-state index in [4.69, 9.17) is 34.8 Å². The van der Waals surface area contributed by atoms with Gasteiger partial charge in [0.05, 0.1) is 26.2 Å². The number of nitrogens with one attached hydrogen (secondary N) is 1. The molecule has 0 aliphatic heterocycles. The summed E-state index contributed by atoms with van der Waals surface area (Å²) in [5, 5.41) is 15.3. The van der Waals surface area contributed by atoms with E-state index in [9.17, 15) is 10.1 Å². The third kappa shape index (κ3) is 3.33. The van der Waals surface area contributed by atoms with Gasteiger partial charge in [0.1, 0.15) is 0 Å². The molecule has 0 aromatic heterocycles. The number of hydrogen-bond donors (Lipinski definition) is 1. The summed E-state index contributed by atoms with van der Waals surface area (Å²) >= 11 is 17.8. The molecule has 0 radical (unpaired) electrons. The van der Waals surface area contributed by atoms with Gasteiger partial charge in [-0.25, -0.2) is 0 Å². The molecule has 0 fully saturated rings. The molecule has 0 bridgehead atoms. The molecule has 0 unspecified atom stereocenters. The smallest absolute Gasteiger partial charge is 0.275 e. The minimum Gasteiger partial charge on any atom is -0.379 e. The van der Waals surface area contributed by atoms with Crippen LogP contribution in [0.4, 0.5) is 11.4 Å². The highest BCUT2D eigenvalue weighted by molar-refractivity contribution is 6.36. The summed E-state index contributed by atoms with van der Waals surface area (Å²) in [7, 11) is 0. The number of nitrogens with zero attached hydrogens (tertiary/aromatic N) is 1. The van der Waals surface area contributed by atoms with Gasteiger partial charge in [0.2, 0.25) is 0 Å². The number of rotatable bonds is 4. The van der Waals surface area contributed by atoms with Crippen LogP contribution >= 0.6 is 34.8 Å². The maximum absolute atomic E-state index is 11.0. The Morgan fingerprint density at radius 3 is 2.50 bits per heavy atom. The average molecular weight is 332 g/mol. The Hall–Kier alpha value is -1.49. The van der Waals surface area contributed by atoms with Crippen molar-refractivity contribution in [1.82, 2.24) is 0 Å². The van der Waals surface area contributed by atoms with Gasteiger partial charge in [0.15, 0.2) is 0 Å². The highest BCUT2D eigenvalue weighted by Crippen LogP contribution is 2.29. The van der Waals surface area contributed by atoms with E-state index in [1.807, 2.05) is 0 Å². The normalized spacial score (nSPS) is 10.3. The summed E-state index contributed by atoms with van der Waals surface area (Å²) in [6.07, 6.45) is 0. The van der Waals surface area contributed by atoms with E-state index in [0.29, 0.717) is 26.3 Å². The van der Waals surface area contributed by atoms with Gasteiger partial charge >= 0.3 is 0 Å². The Morgan fingerprint density at radius 1 is 1.10 bits per heavy atom. The van der Waals surface area contributed by atoms with Gasteiger partial charge in [-0.2, -0.15) is 0 Å². The molecule has 2 aromatic carbocycles. The molecule has 0 spiro atoms. The molecule has 4 nitrogen and oxygen atoms in total. The standard InChI is InChI=1S/C13H9Cl3N2O2/c14-8-4-5-12(11(16)6-8)17-7-9-10(15)2-1-3-13(9)18(19)20/h1-6,17H,7H2. The van der Waals surface area contributed by atoms with E-state index >= 15 is 0 Å². The molecule has 7 heteroatoms. The second kappa shape index (κ2) is 6.31. The van der Waals surface area contributed by atoms with Crippen LogP contribution in [0.15, 0.2) is 36.4 Å². The van der Waals surface area contributed by atoms with Crippen molar-refractivity contribution in [3.63, 3.8) is 0 Å². The van der Waals surface area contributed by atoms with Crippen LogP contribution < -0.4 is 5.32 Å². The number of benzene rings is 2. The summed E-state index contributed by atoms with van der Waals surface area (Å²) in [5.41, 5.74) is 1.01. The van der Waals surface area contributed by atoms with Gasteiger partial charge in [0, 0.05) is 17.6 Å². The first-order valence-corrected chi connectivity index (χ1v) is 6.73. The number of halogens is 3. The van der Waals surface area contributed by atoms with Crippen molar-refractivity contribution in [3.8, 4) is 0 Å². The van der Waals surface area contributed by atoms with Gasteiger partial charge < -0.3 is 5.32 Å². The van der Waals surface area contributed by atoms with E-state index in [-0.39, 0.29) is 12.2 Å². The minimum atomic E-state index is -0.466. The van der Waals surface area contributed by atoms with E-state index in [1.165, 1.54) is 6.07 Å². The van der Waals surface area contributed by atoms with Gasteiger partial charge in [-0.3, -0.25) is 10.1 Å². The second-order valence-electron chi connectivity index (χ2n) is 3.97. The first-order chi connectivity index (χ1) is 9.49. The van der Waals surface area contributed by atoms with Crippen LogP contribution in [0.5, 0.6) is 0 Å². The first-order valence-electron chi connectivity index (χ1n) is 5.59. The van der Waals surface area contributed by atoms with E-state index < -0.39 is 4.92 Å². The predicted molar refractivity (Wildman–Crippen MR) is 81.9 cm³/mol. The van der Waals surface area contributed by atoms with Crippen LogP contribution in [0.2, 0.25) is 15.1 Å². The summed E-state index contributed by atoms with van der Waals surface area (Å²) in [5.74, 6) is 0. The molecule has 0 amide bonds. The van der Waals surface area contributed by atoms with Crippen molar-refractivity contribution >= 4 is 46.2 Å². The van der Waals surface area contributed by atoms with Gasteiger partial charge in [-0.15, -0.1) is 0 Å². The topological polar surface area (TPSA) is 55.2 Å². The summed E-state index contributed by atoms with van der Waals surface area (Å²) < 4.78 is 0. The first kappa shape index (κ1) is 14.9.